The number of likely N-dealkylation sites (N-methyl/N-ethyl adjacent to an activating group) is 1. The minimum absolute atomic E-state index is 0.193. The maximum Gasteiger partial charge on any atom is 0.340 e. The number of pyridine rings is 1. The van der Waals surface area contributed by atoms with Crippen LogP contribution in [0.4, 0.5) is 11.5 Å². The van der Waals surface area contributed by atoms with Crippen molar-refractivity contribution in [1.82, 2.24) is 4.98 Å². The lowest BCUT2D eigenvalue weighted by Crippen LogP contribution is -2.25. The highest BCUT2D eigenvalue weighted by atomic mass is 16.5. The van der Waals surface area contributed by atoms with Gasteiger partial charge in [0, 0.05) is 13.6 Å². The standard InChI is InChI=1S/C13H21N3O3/c1-9(2)19-6-5-16(3)12-7-10(13(17)18-4)11(14)8-15-12/h7-9H,5-6,14H2,1-4H3. The van der Waals surface area contributed by atoms with Gasteiger partial charge in [-0.2, -0.15) is 0 Å². The number of hydrogen-bond donors (Lipinski definition) is 1. The molecule has 19 heavy (non-hydrogen) atoms. The Morgan fingerprint density at radius 1 is 1.53 bits per heavy atom. The van der Waals surface area contributed by atoms with E-state index in [1.165, 1.54) is 13.3 Å². The molecular formula is C13H21N3O3. The highest BCUT2D eigenvalue weighted by Crippen LogP contribution is 2.18. The summed E-state index contributed by atoms with van der Waals surface area (Å²) in [7, 11) is 3.20. The topological polar surface area (TPSA) is 77.7 Å². The number of ether oxygens (including phenoxy) is 2. The second-order valence-electron chi connectivity index (χ2n) is 4.46. The zero-order valence-electron chi connectivity index (χ0n) is 11.8. The number of carbonyl (C=O) groups is 1. The first kappa shape index (κ1) is 15.2. The van der Waals surface area contributed by atoms with Crippen molar-refractivity contribution in [3.63, 3.8) is 0 Å². The third kappa shape index (κ3) is 4.40. The minimum atomic E-state index is -0.465. The molecule has 0 aliphatic rings. The number of hydrogen-bond acceptors (Lipinski definition) is 6. The third-order valence-electron chi connectivity index (χ3n) is 2.59. The molecule has 0 fully saturated rings. The molecule has 0 radical (unpaired) electrons. The monoisotopic (exact) mass is 267 g/mol. The molecule has 106 valence electrons. The number of anilines is 2. The number of nitrogens with two attached hydrogens (primary N) is 1. The van der Waals surface area contributed by atoms with Gasteiger partial charge in [-0.1, -0.05) is 0 Å². The van der Waals surface area contributed by atoms with Gasteiger partial charge in [-0.3, -0.25) is 0 Å². The van der Waals surface area contributed by atoms with Gasteiger partial charge in [-0.25, -0.2) is 9.78 Å². The first-order valence-electron chi connectivity index (χ1n) is 6.12. The van der Waals surface area contributed by atoms with Gasteiger partial charge in [0.2, 0.25) is 0 Å². The Bertz CT molecular complexity index is 435. The van der Waals surface area contributed by atoms with Crippen molar-refractivity contribution in [2.75, 3.05) is 37.9 Å². The summed E-state index contributed by atoms with van der Waals surface area (Å²) in [5.41, 5.74) is 6.33. The van der Waals surface area contributed by atoms with Crippen LogP contribution in [0, 0.1) is 0 Å². The average molecular weight is 267 g/mol. The number of carbonyl (C=O) groups excluding carboxylic acids is 1. The van der Waals surface area contributed by atoms with Crippen molar-refractivity contribution in [3.05, 3.63) is 17.8 Å². The molecule has 1 heterocycles. The van der Waals surface area contributed by atoms with E-state index in [1.807, 2.05) is 25.8 Å². The zero-order chi connectivity index (χ0) is 14.4. The molecule has 6 heteroatoms. The van der Waals surface area contributed by atoms with E-state index in [-0.39, 0.29) is 6.10 Å². The molecule has 2 N–H and O–H groups in total. The van der Waals surface area contributed by atoms with Crippen molar-refractivity contribution < 1.29 is 14.3 Å². The van der Waals surface area contributed by atoms with Gasteiger partial charge in [-0.15, -0.1) is 0 Å². The van der Waals surface area contributed by atoms with Crippen LogP contribution >= 0.6 is 0 Å². The Hall–Kier alpha value is -1.82. The fourth-order valence-corrected chi connectivity index (χ4v) is 1.49. The summed E-state index contributed by atoms with van der Waals surface area (Å²) in [5, 5.41) is 0. The molecule has 0 unspecified atom stereocenters. The van der Waals surface area contributed by atoms with Crippen molar-refractivity contribution in [2.24, 2.45) is 0 Å². The molecule has 0 saturated carbocycles. The van der Waals surface area contributed by atoms with Gasteiger partial charge in [0.1, 0.15) is 5.82 Å². The Balaban J connectivity index is 2.75. The fourth-order valence-electron chi connectivity index (χ4n) is 1.49. The minimum Gasteiger partial charge on any atom is -0.465 e. The molecule has 1 aromatic heterocycles. The summed E-state index contributed by atoms with van der Waals surface area (Å²) in [6, 6.07) is 1.62. The van der Waals surface area contributed by atoms with E-state index in [1.54, 1.807) is 6.07 Å². The summed E-state index contributed by atoms with van der Waals surface area (Å²) in [6.07, 6.45) is 1.65. The fraction of sp³-hybridized carbons (Fsp3) is 0.538. The van der Waals surface area contributed by atoms with Crippen LogP contribution in [0.5, 0.6) is 0 Å². The molecule has 6 nitrogen and oxygen atoms in total. The summed E-state index contributed by atoms with van der Waals surface area (Å²) >= 11 is 0. The van der Waals surface area contributed by atoms with E-state index in [0.29, 0.717) is 30.2 Å². The van der Waals surface area contributed by atoms with Gasteiger partial charge in [0.15, 0.2) is 0 Å². The van der Waals surface area contributed by atoms with E-state index < -0.39 is 5.97 Å². The van der Waals surface area contributed by atoms with Crippen LogP contribution in [-0.4, -0.2) is 44.4 Å². The number of nitrogens with zero attached hydrogens (tertiary/aromatic N) is 2. The Labute approximate surface area is 113 Å². The Kier molecular flexibility index (Phi) is 5.57. The Morgan fingerprint density at radius 3 is 2.79 bits per heavy atom. The van der Waals surface area contributed by atoms with Gasteiger partial charge in [0.25, 0.3) is 0 Å². The van der Waals surface area contributed by atoms with Crippen LogP contribution in [-0.2, 0) is 9.47 Å². The smallest absolute Gasteiger partial charge is 0.340 e. The van der Waals surface area contributed by atoms with Crippen LogP contribution in [0.15, 0.2) is 12.3 Å². The maximum atomic E-state index is 11.5. The molecular weight excluding hydrogens is 246 g/mol. The van der Waals surface area contributed by atoms with Crippen LogP contribution in [0.3, 0.4) is 0 Å². The summed E-state index contributed by atoms with van der Waals surface area (Å²) in [6.45, 7) is 5.23. The number of esters is 1. The lowest BCUT2D eigenvalue weighted by atomic mass is 10.2. The molecule has 0 amide bonds. The maximum absolute atomic E-state index is 11.5. The number of rotatable bonds is 6. The van der Waals surface area contributed by atoms with Crippen LogP contribution < -0.4 is 10.6 Å². The van der Waals surface area contributed by atoms with Gasteiger partial charge < -0.3 is 20.1 Å². The number of methoxy groups -OCH3 is 1. The quantitative estimate of drug-likeness (QED) is 0.783. The second kappa shape index (κ2) is 6.94. The van der Waals surface area contributed by atoms with Crippen molar-refractivity contribution in [3.8, 4) is 0 Å². The number of aromatic nitrogens is 1. The molecule has 0 saturated heterocycles. The van der Waals surface area contributed by atoms with E-state index in [4.69, 9.17) is 10.5 Å². The van der Waals surface area contributed by atoms with Crippen LogP contribution in [0.1, 0.15) is 24.2 Å². The molecule has 0 aliphatic carbocycles. The summed E-state index contributed by atoms with van der Waals surface area (Å²) in [5.74, 6) is 0.190. The molecule has 0 atom stereocenters. The third-order valence-corrected chi connectivity index (χ3v) is 2.59. The van der Waals surface area contributed by atoms with Gasteiger partial charge in [-0.05, 0) is 19.9 Å². The summed E-state index contributed by atoms with van der Waals surface area (Å²) < 4.78 is 10.1. The molecule has 0 aliphatic heterocycles. The second-order valence-corrected chi connectivity index (χ2v) is 4.46. The van der Waals surface area contributed by atoms with Crippen molar-refractivity contribution in [2.45, 2.75) is 20.0 Å². The molecule has 0 spiro atoms. The van der Waals surface area contributed by atoms with Crippen LogP contribution in [0.2, 0.25) is 0 Å². The lowest BCUT2D eigenvalue weighted by Gasteiger charge is -2.19. The predicted molar refractivity (Wildman–Crippen MR) is 74.3 cm³/mol. The van der Waals surface area contributed by atoms with Gasteiger partial charge >= 0.3 is 5.97 Å². The normalized spacial score (nSPS) is 10.6. The highest BCUT2D eigenvalue weighted by molar-refractivity contribution is 5.95. The molecule has 1 aromatic rings. The predicted octanol–water partition coefficient (Wildman–Crippen LogP) is 1.31. The van der Waals surface area contributed by atoms with E-state index >= 15 is 0 Å². The highest BCUT2D eigenvalue weighted by Gasteiger charge is 2.13. The van der Waals surface area contributed by atoms with Crippen molar-refractivity contribution in [1.29, 1.82) is 0 Å². The molecule has 0 aromatic carbocycles. The largest absolute Gasteiger partial charge is 0.465 e. The first-order chi connectivity index (χ1) is 8.95. The van der Waals surface area contributed by atoms with E-state index in [0.717, 1.165) is 0 Å². The van der Waals surface area contributed by atoms with Crippen LogP contribution in [0.25, 0.3) is 0 Å². The summed E-state index contributed by atoms with van der Waals surface area (Å²) in [4.78, 5) is 17.6. The number of nitrogen functional groups attached to an aromatic ring is 1. The molecule has 1 rings (SSSR count). The van der Waals surface area contributed by atoms with E-state index in [2.05, 4.69) is 9.72 Å². The van der Waals surface area contributed by atoms with Gasteiger partial charge in [0.05, 0.1) is 37.3 Å². The van der Waals surface area contributed by atoms with E-state index in [9.17, 15) is 4.79 Å². The zero-order valence-corrected chi connectivity index (χ0v) is 11.8. The lowest BCUT2D eigenvalue weighted by molar-refractivity contribution is 0.0602. The van der Waals surface area contributed by atoms with Crippen molar-refractivity contribution >= 4 is 17.5 Å². The average Bonchev–Trinajstić information content (AvgIpc) is 2.37. The Morgan fingerprint density at radius 2 is 2.21 bits per heavy atom. The molecule has 0 bridgehead atoms. The SMILES string of the molecule is COC(=O)c1cc(N(C)CCOC(C)C)ncc1N. The first-order valence-corrected chi connectivity index (χ1v) is 6.12.